The van der Waals surface area contributed by atoms with Crippen molar-refractivity contribution in [1.29, 1.82) is 0 Å². The third kappa shape index (κ3) is 7.46. The van der Waals surface area contributed by atoms with Gasteiger partial charge in [-0.25, -0.2) is 0 Å². The van der Waals surface area contributed by atoms with E-state index < -0.39 is 32.0 Å². The Kier molecular flexibility index (Phi) is 10.9. The van der Waals surface area contributed by atoms with Crippen molar-refractivity contribution >= 4 is 31.5 Å². The zero-order valence-corrected chi connectivity index (χ0v) is 28.6. The number of ether oxygens (including phenoxy) is 1. The fourth-order valence-electron chi connectivity index (χ4n) is 6.73. The monoisotopic (exact) mass is 639 g/mol. The fourth-order valence-corrected chi connectivity index (χ4v) is 9.33. The summed E-state index contributed by atoms with van der Waals surface area (Å²) >= 11 is 0. The van der Waals surface area contributed by atoms with Crippen molar-refractivity contribution < 1.29 is 29.3 Å². The predicted octanol–water partition coefficient (Wildman–Crippen LogP) is 4.06. The molecule has 1 aromatic heterocycles. The Morgan fingerprint density at radius 2 is 1.98 bits per heavy atom. The second-order valence-electron chi connectivity index (χ2n) is 13.3. The van der Waals surface area contributed by atoms with Gasteiger partial charge in [0.15, 0.2) is 13.9 Å². The number of allylic oxidation sites excluding steroid dienone is 3. The summed E-state index contributed by atoms with van der Waals surface area (Å²) in [6.45, 7) is 14.2. The van der Waals surface area contributed by atoms with Crippen molar-refractivity contribution in [2.45, 2.75) is 103 Å². The van der Waals surface area contributed by atoms with Crippen LogP contribution in [-0.4, -0.2) is 75.5 Å². The second kappa shape index (κ2) is 14.1. The van der Waals surface area contributed by atoms with Gasteiger partial charge in [-0.15, -0.1) is 5.10 Å². The number of nitrogens with zero attached hydrogens (tertiary/aromatic N) is 4. The Labute approximate surface area is 267 Å². The quantitative estimate of drug-likeness (QED) is 0.189. The molecule has 2 aliphatic rings. The molecule has 45 heavy (non-hydrogen) atoms. The zero-order chi connectivity index (χ0) is 33.1. The van der Waals surface area contributed by atoms with Gasteiger partial charge in [0.25, 0.3) is 11.8 Å². The van der Waals surface area contributed by atoms with Crippen molar-refractivity contribution in [3.8, 4) is 0 Å². The van der Waals surface area contributed by atoms with Crippen LogP contribution in [0.25, 0.3) is 0 Å². The number of nitrogens with one attached hydrogen (secondary N) is 1. The summed E-state index contributed by atoms with van der Waals surface area (Å²) in [5.41, 5.74) is 3.31. The minimum Gasteiger partial charge on any atom is -0.432 e. The van der Waals surface area contributed by atoms with E-state index in [0.29, 0.717) is 48.6 Å². The minimum atomic E-state index is -2.87. The van der Waals surface area contributed by atoms with E-state index in [2.05, 4.69) is 48.6 Å². The van der Waals surface area contributed by atoms with Crippen molar-refractivity contribution in [1.82, 2.24) is 15.0 Å². The molecule has 1 spiro atoms. The van der Waals surface area contributed by atoms with Crippen LogP contribution in [0, 0.1) is 5.92 Å². The number of anilines is 2. The summed E-state index contributed by atoms with van der Waals surface area (Å²) in [6, 6.07) is 5.33. The molecule has 0 aliphatic carbocycles. The van der Waals surface area contributed by atoms with Crippen molar-refractivity contribution in [2.75, 3.05) is 23.4 Å². The molecule has 3 heterocycles. The number of hydrogen-bond donors (Lipinski definition) is 4. The van der Waals surface area contributed by atoms with Crippen LogP contribution in [0.1, 0.15) is 65.1 Å². The van der Waals surface area contributed by atoms with Gasteiger partial charge in [0.05, 0.1) is 17.5 Å². The fraction of sp³-hybridized carbons (Fsp3) is 0.576. The number of aliphatic hydroxyl groups excluding tert-OH is 2. The maximum atomic E-state index is 14.6. The molecule has 246 valence electrons. The first-order valence-electron chi connectivity index (χ1n) is 15.8. The number of hydrogen-bond acceptors (Lipinski definition) is 8. The molecule has 2 aromatic rings. The molecular formula is C33H49N5O6Si. The van der Waals surface area contributed by atoms with Gasteiger partial charge in [0.2, 0.25) is 0 Å². The van der Waals surface area contributed by atoms with Gasteiger partial charge in [-0.3, -0.25) is 14.3 Å². The molecule has 1 fully saturated rings. The van der Waals surface area contributed by atoms with Crippen LogP contribution in [0.5, 0.6) is 0 Å². The number of fused-ring (bicyclic) bond motifs is 2. The van der Waals surface area contributed by atoms with Crippen LogP contribution in [-0.2, 0) is 32.9 Å². The Morgan fingerprint density at radius 3 is 2.62 bits per heavy atom. The molecule has 0 bridgehead atoms. The SMILES string of the molecule is CC(C)=CCC/C(C)=C/CN1C(=O)[C@@]2(O[C@@H](CCn3cc(CCO)nn3)[C@H]([Si](C)(C)O)[C@H]2C)c2cc(NC(=O)[C@H](C)O)ccc21. The largest absolute Gasteiger partial charge is 0.432 e. The lowest BCUT2D eigenvalue weighted by atomic mass is 9.82. The summed E-state index contributed by atoms with van der Waals surface area (Å²) in [5.74, 6) is -1.10. The van der Waals surface area contributed by atoms with Gasteiger partial charge >= 0.3 is 0 Å². The summed E-state index contributed by atoms with van der Waals surface area (Å²) in [5, 5.41) is 30.1. The van der Waals surface area contributed by atoms with Crippen molar-refractivity contribution in [3.05, 3.63) is 59.0 Å². The van der Waals surface area contributed by atoms with E-state index in [9.17, 15) is 24.6 Å². The number of benzene rings is 1. The Balaban J connectivity index is 1.72. The number of carbonyl (C=O) groups is 2. The van der Waals surface area contributed by atoms with Gasteiger partial charge in [0, 0.05) is 55.0 Å². The maximum absolute atomic E-state index is 14.6. The zero-order valence-electron chi connectivity index (χ0n) is 27.6. The summed E-state index contributed by atoms with van der Waals surface area (Å²) < 4.78 is 8.61. The van der Waals surface area contributed by atoms with Gasteiger partial charge in [-0.1, -0.05) is 35.4 Å². The molecule has 4 rings (SSSR count). The Bertz CT molecular complexity index is 1440. The first kappa shape index (κ1) is 34.7. The van der Waals surface area contributed by atoms with Crippen LogP contribution in [0.4, 0.5) is 11.4 Å². The van der Waals surface area contributed by atoms with Gasteiger partial charge in [-0.05, 0) is 78.3 Å². The average molecular weight is 640 g/mol. The summed E-state index contributed by atoms with van der Waals surface area (Å²) in [6.07, 6.45) is 7.17. The van der Waals surface area contributed by atoms with Crippen LogP contribution in [0.2, 0.25) is 18.6 Å². The predicted molar refractivity (Wildman–Crippen MR) is 176 cm³/mol. The molecule has 0 saturated carbocycles. The summed E-state index contributed by atoms with van der Waals surface area (Å²) in [4.78, 5) is 40.4. The second-order valence-corrected chi connectivity index (χ2v) is 17.3. The van der Waals surface area contributed by atoms with Gasteiger partial charge in [0.1, 0.15) is 6.10 Å². The highest BCUT2D eigenvalue weighted by molar-refractivity contribution is 6.71. The molecule has 4 N–H and O–H groups in total. The van der Waals surface area contributed by atoms with E-state index in [1.807, 2.05) is 26.1 Å². The smallest absolute Gasteiger partial charge is 0.264 e. The van der Waals surface area contributed by atoms with E-state index in [1.54, 1.807) is 27.9 Å². The molecule has 12 heteroatoms. The number of aromatic nitrogens is 3. The van der Waals surface area contributed by atoms with E-state index in [0.717, 1.165) is 12.8 Å². The van der Waals surface area contributed by atoms with Crippen molar-refractivity contribution in [2.24, 2.45) is 5.92 Å². The first-order valence-corrected chi connectivity index (χ1v) is 18.9. The molecule has 1 saturated heterocycles. The van der Waals surface area contributed by atoms with E-state index in [1.165, 1.54) is 18.1 Å². The summed E-state index contributed by atoms with van der Waals surface area (Å²) in [7, 11) is -2.87. The molecule has 0 radical (unpaired) electrons. The Morgan fingerprint density at radius 1 is 1.24 bits per heavy atom. The van der Waals surface area contributed by atoms with E-state index in [-0.39, 0.29) is 24.0 Å². The van der Waals surface area contributed by atoms with Crippen LogP contribution in [0.15, 0.2) is 47.7 Å². The number of rotatable bonds is 13. The Hall–Kier alpha value is -3.16. The number of aliphatic hydroxyl groups is 2. The minimum absolute atomic E-state index is 0.0152. The van der Waals surface area contributed by atoms with Crippen LogP contribution >= 0.6 is 0 Å². The lowest BCUT2D eigenvalue weighted by molar-refractivity contribution is -0.145. The van der Waals surface area contributed by atoms with E-state index in [4.69, 9.17) is 4.74 Å². The third-order valence-electron chi connectivity index (χ3n) is 8.94. The van der Waals surface area contributed by atoms with E-state index >= 15 is 0 Å². The highest BCUT2D eigenvalue weighted by Gasteiger charge is 2.66. The lowest BCUT2D eigenvalue weighted by Crippen LogP contribution is -2.46. The standard InChI is InChI=1S/C33H49N5O6Si/c1-21(2)9-8-10-22(3)13-17-38-28-12-11-25(34-31(41)24(5)40)19-27(28)33(32(38)42)23(4)30(45(6,7)43)29(44-33)14-16-37-20-26(15-18-39)35-36-37/h9,11-13,19-20,23-24,29-30,39-40,43H,8,10,14-18H2,1-7H3,(H,34,41)/b22-13+/t23-,24+,29+,30-,33+/m1/s1. The van der Waals surface area contributed by atoms with Crippen LogP contribution in [0.3, 0.4) is 0 Å². The molecule has 1 aromatic carbocycles. The normalized spacial score (nSPS) is 23.9. The third-order valence-corrected chi connectivity index (χ3v) is 11.4. The lowest BCUT2D eigenvalue weighted by Gasteiger charge is -2.32. The highest BCUT2D eigenvalue weighted by Crippen LogP contribution is 2.60. The molecule has 2 aliphatic heterocycles. The molecule has 5 atom stereocenters. The molecule has 2 amide bonds. The highest BCUT2D eigenvalue weighted by atomic mass is 28.4. The maximum Gasteiger partial charge on any atom is 0.264 e. The van der Waals surface area contributed by atoms with Crippen LogP contribution < -0.4 is 10.2 Å². The number of carbonyl (C=O) groups excluding carboxylic acids is 2. The number of amides is 2. The first-order chi connectivity index (χ1) is 21.2. The van der Waals surface area contributed by atoms with Gasteiger partial charge in [-0.2, -0.15) is 0 Å². The molecule has 0 unspecified atom stereocenters. The van der Waals surface area contributed by atoms with Crippen molar-refractivity contribution in [3.63, 3.8) is 0 Å². The number of aryl methyl sites for hydroxylation is 1. The topological polar surface area (TPSA) is 150 Å². The van der Waals surface area contributed by atoms with Gasteiger partial charge < -0.3 is 30.0 Å². The molecule has 11 nitrogen and oxygen atoms in total. The average Bonchev–Trinajstić information content (AvgIpc) is 3.60. The molecular weight excluding hydrogens is 590 g/mol.